The number of likely N-dealkylation sites (N-methyl/N-ethyl adjacent to an activating group) is 1. The van der Waals surface area contributed by atoms with Crippen LogP contribution < -0.4 is 14.5 Å². The highest BCUT2D eigenvalue weighted by atomic mass is 35.5. The van der Waals surface area contributed by atoms with Gasteiger partial charge >= 0.3 is 6.01 Å². The van der Waals surface area contributed by atoms with E-state index in [-0.39, 0.29) is 30.5 Å². The van der Waals surface area contributed by atoms with E-state index in [1.165, 1.54) is 6.08 Å². The fourth-order valence-electron chi connectivity index (χ4n) is 6.19. The van der Waals surface area contributed by atoms with Crippen molar-refractivity contribution in [1.82, 2.24) is 19.8 Å². The number of amides is 1. The molecule has 0 bridgehead atoms. The van der Waals surface area contributed by atoms with Crippen LogP contribution in [0.15, 0.2) is 30.9 Å². The Morgan fingerprint density at radius 3 is 2.77 bits per heavy atom. The summed E-state index contributed by atoms with van der Waals surface area (Å²) in [4.78, 5) is 31.1. The van der Waals surface area contributed by atoms with Crippen molar-refractivity contribution < 1.29 is 9.53 Å². The van der Waals surface area contributed by atoms with Crippen LogP contribution in [0.3, 0.4) is 0 Å². The first-order valence-electron chi connectivity index (χ1n) is 14.2. The van der Waals surface area contributed by atoms with Gasteiger partial charge in [0.25, 0.3) is 0 Å². The predicted octanol–water partition coefficient (Wildman–Crippen LogP) is 3.84. The highest BCUT2D eigenvalue weighted by Gasteiger charge is 2.35. The molecule has 0 N–H and O–H groups in total. The Bertz CT molecular complexity index is 1310. The van der Waals surface area contributed by atoms with Gasteiger partial charge in [-0.05, 0) is 57.0 Å². The minimum atomic E-state index is -0.235. The molecule has 2 aromatic rings. The number of hydrogen-bond donors (Lipinski definition) is 0. The largest absolute Gasteiger partial charge is 0.458 e. The maximum atomic E-state index is 12.5. The Hall–Kier alpha value is -3.35. The minimum absolute atomic E-state index is 0.0172. The average molecular weight is 564 g/mol. The van der Waals surface area contributed by atoms with Crippen LogP contribution in [0.4, 0.5) is 11.5 Å². The normalized spacial score (nSPS) is 23.1. The summed E-state index contributed by atoms with van der Waals surface area (Å²) in [6.45, 7) is 12.0. The lowest BCUT2D eigenvalue weighted by molar-refractivity contribution is -0.128. The second kappa shape index (κ2) is 12.0. The molecule has 0 unspecified atom stereocenters. The Morgan fingerprint density at radius 1 is 1.25 bits per heavy atom. The first-order chi connectivity index (χ1) is 19.3. The zero-order valence-electron chi connectivity index (χ0n) is 23.6. The maximum Gasteiger partial charge on any atom is 0.319 e. The van der Waals surface area contributed by atoms with Crippen molar-refractivity contribution >= 4 is 29.0 Å². The van der Waals surface area contributed by atoms with Gasteiger partial charge in [0, 0.05) is 55.0 Å². The van der Waals surface area contributed by atoms with Crippen LogP contribution in [0.5, 0.6) is 6.01 Å². The number of likely N-dealkylation sites (tertiary alicyclic amines) is 1. The van der Waals surface area contributed by atoms with Crippen LogP contribution in [-0.2, 0) is 24.2 Å². The van der Waals surface area contributed by atoms with E-state index in [4.69, 9.17) is 26.3 Å². The number of benzene rings is 1. The van der Waals surface area contributed by atoms with E-state index in [1.807, 2.05) is 12.1 Å². The summed E-state index contributed by atoms with van der Waals surface area (Å²) in [6.07, 6.45) is 4.15. The predicted molar refractivity (Wildman–Crippen MR) is 157 cm³/mol. The number of piperazine rings is 1. The number of fused-ring (bicyclic) bond motifs is 1. The van der Waals surface area contributed by atoms with E-state index in [2.05, 4.69) is 54.3 Å². The highest BCUT2D eigenvalue weighted by Crippen LogP contribution is 2.35. The Balaban J connectivity index is 1.50. The zero-order valence-corrected chi connectivity index (χ0v) is 24.4. The molecule has 2 fully saturated rings. The van der Waals surface area contributed by atoms with E-state index in [0.29, 0.717) is 32.2 Å². The lowest BCUT2D eigenvalue weighted by atomic mass is 10.0. The molecule has 212 valence electrons. The maximum absolute atomic E-state index is 12.5. The first kappa shape index (κ1) is 28.2. The van der Waals surface area contributed by atoms with Crippen molar-refractivity contribution in [2.24, 2.45) is 0 Å². The zero-order chi connectivity index (χ0) is 28.4. The molecule has 2 saturated heterocycles. The highest BCUT2D eigenvalue weighted by molar-refractivity contribution is 6.31. The molecule has 1 aromatic carbocycles. The van der Waals surface area contributed by atoms with Gasteiger partial charge in [0.1, 0.15) is 11.9 Å². The second-order valence-electron chi connectivity index (χ2n) is 10.9. The Labute approximate surface area is 242 Å². The summed E-state index contributed by atoms with van der Waals surface area (Å²) >= 11 is 6.57. The minimum Gasteiger partial charge on any atom is -0.458 e. The average Bonchev–Trinajstić information content (AvgIpc) is 3.28. The van der Waals surface area contributed by atoms with E-state index in [0.717, 1.165) is 65.7 Å². The topological polar surface area (TPSA) is 88.8 Å². The third-order valence-electron chi connectivity index (χ3n) is 8.63. The van der Waals surface area contributed by atoms with Crippen molar-refractivity contribution in [3.05, 3.63) is 52.7 Å². The van der Waals surface area contributed by atoms with Gasteiger partial charge in [-0.15, -0.1) is 0 Å². The van der Waals surface area contributed by atoms with Gasteiger partial charge in [0.2, 0.25) is 5.91 Å². The van der Waals surface area contributed by atoms with E-state index < -0.39 is 0 Å². The van der Waals surface area contributed by atoms with Gasteiger partial charge in [-0.25, -0.2) is 0 Å². The SMILES string of the molecule is C=CC(=O)N1CCN(c2nc(O[C@@H]3CCN(C)[C@@H]3C)nc3c2CCN(c2cccc(Cl)c2CC)C3)C[C@@H]1CC#N. The molecule has 1 amide bonds. The molecule has 1 aromatic heterocycles. The number of rotatable bonds is 7. The van der Waals surface area contributed by atoms with Crippen molar-refractivity contribution in [2.75, 3.05) is 49.6 Å². The number of nitrogens with zero attached hydrogens (tertiary/aromatic N) is 7. The van der Waals surface area contributed by atoms with Crippen LogP contribution in [0.25, 0.3) is 0 Å². The Morgan fingerprint density at radius 2 is 2.08 bits per heavy atom. The van der Waals surface area contributed by atoms with Crippen molar-refractivity contribution in [3.63, 3.8) is 0 Å². The summed E-state index contributed by atoms with van der Waals surface area (Å²) < 4.78 is 6.45. The molecule has 0 spiro atoms. The number of carbonyl (C=O) groups excluding carboxylic acids is 1. The van der Waals surface area contributed by atoms with Gasteiger partial charge in [-0.1, -0.05) is 31.2 Å². The molecule has 9 nitrogen and oxygen atoms in total. The number of carbonyl (C=O) groups is 1. The van der Waals surface area contributed by atoms with Gasteiger partial charge in [0.05, 0.1) is 30.8 Å². The number of anilines is 2. The molecule has 0 aliphatic carbocycles. The van der Waals surface area contributed by atoms with Gasteiger partial charge in [-0.2, -0.15) is 15.2 Å². The smallest absolute Gasteiger partial charge is 0.319 e. The molecule has 3 aliphatic heterocycles. The number of hydrogen-bond acceptors (Lipinski definition) is 8. The number of halogens is 1. The molecule has 0 radical (unpaired) electrons. The van der Waals surface area contributed by atoms with E-state index in [9.17, 15) is 10.1 Å². The lowest BCUT2D eigenvalue weighted by Gasteiger charge is -2.42. The second-order valence-corrected chi connectivity index (χ2v) is 11.3. The van der Waals surface area contributed by atoms with Crippen molar-refractivity contribution in [3.8, 4) is 12.1 Å². The van der Waals surface area contributed by atoms with Crippen LogP contribution in [0.2, 0.25) is 5.02 Å². The summed E-state index contributed by atoms with van der Waals surface area (Å²) in [5.41, 5.74) is 4.34. The summed E-state index contributed by atoms with van der Waals surface area (Å²) in [5, 5.41) is 10.3. The standard InChI is InChI=1S/C30H38ClN7O2/c1-5-22-24(31)8-7-9-26(22)36-15-11-23-25(19-36)33-30(40-27-12-14-35(4)20(27)3)34-29(23)37-16-17-38(28(39)6-2)21(18-37)10-13-32/h6-9,20-21,27H,2,5,10-12,14-19H2,1,3-4H3/t20-,21+,27-/m1/s1. The first-order valence-corrected chi connectivity index (χ1v) is 14.6. The molecular formula is C30H38ClN7O2. The molecule has 3 aliphatic rings. The Kier molecular flexibility index (Phi) is 8.48. The van der Waals surface area contributed by atoms with Crippen LogP contribution in [0.1, 0.15) is 43.5 Å². The molecule has 4 heterocycles. The van der Waals surface area contributed by atoms with E-state index in [1.54, 1.807) is 4.90 Å². The van der Waals surface area contributed by atoms with Gasteiger partial charge in [0.15, 0.2) is 0 Å². The van der Waals surface area contributed by atoms with Gasteiger partial charge < -0.3 is 19.4 Å². The van der Waals surface area contributed by atoms with Gasteiger partial charge in [-0.3, -0.25) is 9.69 Å². The van der Waals surface area contributed by atoms with Crippen molar-refractivity contribution in [2.45, 2.75) is 64.3 Å². The third-order valence-corrected chi connectivity index (χ3v) is 8.99. The third kappa shape index (κ3) is 5.48. The molecular weight excluding hydrogens is 526 g/mol. The summed E-state index contributed by atoms with van der Waals surface area (Å²) in [5.74, 6) is 0.714. The van der Waals surface area contributed by atoms with Crippen LogP contribution in [-0.4, -0.2) is 83.6 Å². The molecule has 10 heteroatoms. The molecule has 5 rings (SSSR count). The quantitative estimate of drug-likeness (QED) is 0.470. The molecule has 40 heavy (non-hydrogen) atoms. The monoisotopic (exact) mass is 563 g/mol. The number of nitriles is 1. The van der Waals surface area contributed by atoms with E-state index >= 15 is 0 Å². The summed E-state index contributed by atoms with van der Waals surface area (Å²) in [7, 11) is 2.11. The molecule has 0 saturated carbocycles. The number of ether oxygens (including phenoxy) is 1. The number of aromatic nitrogens is 2. The van der Waals surface area contributed by atoms with Crippen LogP contribution in [0, 0.1) is 11.3 Å². The lowest BCUT2D eigenvalue weighted by Crippen LogP contribution is -2.55. The van der Waals surface area contributed by atoms with Crippen LogP contribution >= 0.6 is 11.6 Å². The van der Waals surface area contributed by atoms with Crippen molar-refractivity contribution in [1.29, 1.82) is 5.26 Å². The fraction of sp³-hybridized carbons (Fsp3) is 0.533. The summed E-state index contributed by atoms with van der Waals surface area (Å²) in [6, 6.07) is 8.77. The molecule has 3 atom stereocenters. The fourth-order valence-corrected chi connectivity index (χ4v) is 6.49.